The number of alkyl halides is 1. The van der Waals surface area contributed by atoms with Crippen LogP contribution in [-0.4, -0.2) is 11.1 Å². The second-order valence-corrected chi connectivity index (χ2v) is 6.95. The van der Waals surface area contributed by atoms with Gasteiger partial charge in [0.15, 0.2) is 0 Å². The van der Waals surface area contributed by atoms with Crippen LogP contribution in [0, 0.1) is 0 Å². The third-order valence-electron chi connectivity index (χ3n) is 1.87. The largest absolute Gasteiger partial charge is 0.287 e. The zero-order valence-corrected chi connectivity index (χ0v) is 10.1. The molecule has 0 nitrogen and oxygen atoms in total. The Kier molecular flexibility index (Phi) is 4.36. The summed E-state index contributed by atoms with van der Waals surface area (Å²) in [5.41, 5.74) is 0. The molecule has 0 rings (SSSR count). The highest BCUT2D eigenvalue weighted by atomic mass is 35.5. The van der Waals surface area contributed by atoms with Gasteiger partial charge in [0, 0.05) is 0 Å². The van der Waals surface area contributed by atoms with Gasteiger partial charge in [-0.2, -0.15) is 0 Å². The molecule has 0 aliphatic rings. The minimum absolute atomic E-state index is 0.00679. The van der Waals surface area contributed by atoms with Crippen molar-refractivity contribution >= 4 is 21.8 Å². The van der Waals surface area contributed by atoms with Crippen LogP contribution in [0.15, 0.2) is 0 Å². The molecule has 0 saturated carbocycles. The molecule has 0 aliphatic heterocycles. The molecule has 0 N–H and O–H groups in total. The number of unbranched alkanes of at least 4 members (excludes halogenated alkanes) is 3. The lowest BCUT2D eigenvalue weighted by atomic mass is 10.1. The van der Waals surface area contributed by atoms with E-state index in [4.69, 9.17) is 11.6 Å². The lowest BCUT2D eigenvalue weighted by Gasteiger charge is -2.41. The Morgan fingerprint density at radius 1 is 1.00 bits per heavy atom. The summed E-state index contributed by atoms with van der Waals surface area (Å²) in [6.45, 7) is 1.95. The van der Waals surface area contributed by atoms with E-state index in [1.165, 1.54) is 0 Å². The highest BCUT2D eigenvalue weighted by Crippen LogP contribution is 2.98. The van der Waals surface area contributed by atoms with Gasteiger partial charge in [0.05, 0.1) is 5.38 Å². The van der Waals surface area contributed by atoms with Gasteiger partial charge in [-0.15, -0.1) is 11.6 Å². The number of hydrogen-bond donors (Lipinski definition) is 0. The second kappa shape index (κ2) is 4.28. The van der Waals surface area contributed by atoms with Crippen molar-refractivity contribution in [3.05, 3.63) is 0 Å². The van der Waals surface area contributed by atoms with Crippen molar-refractivity contribution in [1.29, 1.82) is 0 Å². The van der Waals surface area contributed by atoms with Crippen LogP contribution in [0.3, 0.4) is 0 Å². The Morgan fingerprint density at radius 3 is 1.93 bits per heavy atom. The van der Waals surface area contributed by atoms with Crippen LogP contribution in [0.1, 0.15) is 39.0 Å². The molecule has 0 aromatic rings. The molecule has 0 aliphatic carbocycles. The molecule has 15 heavy (non-hydrogen) atoms. The standard InChI is InChI=1S/C8H16ClF5S/c1-2-3-4-5-6-8(9)7-15(10,11,12,13)14/h8H,2-7H2,1H3. The van der Waals surface area contributed by atoms with E-state index >= 15 is 0 Å². The predicted molar refractivity (Wildman–Crippen MR) is 56.4 cm³/mol. The first kappa shape index (κ1) is 15.3. The number of rotatable bonds is 7. The quantitative estimate of drug-likeness (QED) is 0.310. The second-order valence-electron chi connectivity index (χ2n) is 3.74. The van der Waals surface area contributed by atoms with Crippen molar-refractivity contribution in [2.24, 2.45) is 0 Å². The van der Waals surface area contributed by atoms with Crippen LogP contribution < -0.4 is 0 Å². The van der Waals surface area contributed by atoms with Gasteiger partial charge in [0.25, 0.3) is 10.2 Å². The first-order valence-corrected chi connectivity index (χ1v) is 7.36. The Bertz CT molecular complexity index is 198. The topological polar surface area (TPSA) is 0 Å². The molecule has 0 amide bonds. The van der Waals surface area contributed by atoms with Gasteiger partial charge >= 0.3 is 0 Å². The van der Waals surface area contributed by atoms with Crippen molar-refractivity contribution in [3.63, 3.8) is 0 Å². The van der Waals surface area contributed by atoms with Crippen molar-refractivity contribution in [2.75, 3.05) is 5.75 Å². The molecule has 1 atom stereocenters. The average Bonchev–Trinajstić information content (AvgIpc) is 1.91. The number of hydrogen-bond acceptors (Lipinski definition) is 0. The Balaban J connectivity index is 3.91. The first-order chi connectivity index (χ1) is 6.43. The minimum atomic E-state index is -9.31. The third-order valence-corrected chi connectivity index (χ3v) is 3.45. The molecule has 0 heterocycles. The van der Waals surface area contributed by atoms with Crippen LogP contribution in [-0.2, 0) is 0 Å². The van der Waals surface area contributed by atoms with Gasteiger partial charge < -0.3 is 0 Å². The SMILES string of the molecule is CCCCCCC(Cl)CS(F)(F)(F)(F)F. The lowest BCUT2D eigenvalue weighted by Crippen LogP contribution is -2.19. The van der Waals surface area contributed by atoms with E-state index in [1.807, 2.05) is 6.92 Å². The van der Waals surface area contributed by atoms with Crippen molar-refractivity contribution in [2.45, 2.75) is 44.4 Å². The fourth-order valence-electron chi connectivity index (χ4n) is 1.22. The molecule has 7 heteroatoms. The smallest absolute Gasteiger partial charge is 0.122 e. The molecule has 0 radical (unpaired) electrons. The van der Waals surface area contributed by atoms with E-state index in [9.17, 15) is 19.4 Å². The van der Waals surface area contributed by atoms with Gasteiger partial charge in [-0.3, -0.25) is 0 Å². The number of halogens is 6. The van der Waals surface area contributed by atoms with E-state index in [2.05, 4.69) is 0 Å². The zero-order chi connectivity index (χ0) is 12.2. The van der Waals surface area contributed by atoms with E-state index < -0.39 is 21.4 Å². The van der Waals surface area contributed by atoms with Gasteiger partial charge in [0.2, 0.25) is 0 Å². The maximum absolute atomic E-state index is 12.0. The summed E-state index contributed by atoms with van der Waals surface area (Å²) in [5.74, 6) is -2.15. The molecule has 0 saturated heterocycles. The maximum atomic E-state index is 12.0. The van der Waals surface area contributed by atoms with Crippen LogP contribution in [0.25, 0.3) is 0 Å². The van der Waals surface area contributed by atoms with Gasteiger partial charge in [0.1, 0.15) is 5.75 Å². The first-order valence-electron chi connectivity index (χ1n) is 4.80. The molecule has 0 aromatic heterocycles. The predicted octanol–water partition coefficient (Wildman–Crippen LogP) is 5.86. The highest BCUT2D eigenvalue weighted by molar-refractivity contribution is 8.45. The van der Waals surface area contributed by atoms with Crippen molar-refractivity contribution in [1.82, 2.24) is 0 Å². The minimum Gasteiger partial charge on any atom is -0.122 e. The molecule has 1 unspecified atom stereocenters. The van der Waals surface area contributed by atoms with Crippen molar-refractivity contribution in [3.8, 4) is 0 Å². The fraction of sp³-hybridized carbons (Fsp3) is 1.00. The van der Waals surface area contributed by atoms with Crippen LogP contribution in [0.4, 0.5) is 19.4 Å². The van der Waals surface area contributed by atoms with Gasteiger partial charge in [-0.05, 0) is 6.42 Å². The summed E-state index contributed by atoms with van der Waals surface area (Å²) in [6, 6.07) is 0. The van der Waals surface area contributed by atoms with Crippen molar-refractivity contribution < 1.29 is 19.4 Å². The molecule has 0 fully saturated rings. The molecular weight excluding hydrogens is 259 g/mol. The van der Waals surface area contributed by atoms with E-state index in [0.29, 0.717) is 6.42 Å². The molecule has 0 aromatic carbocycles. The van der Waals surface area contributed by atoms with Gasteiger partial charge in [-0.1, -0.05) is 52.0 Å². The van der Waals surface area contributed by atoms with E-state index in [-0.39, 0.29) is 6.42 Å². The normalized spacial score (nSPS) is 19.4. The van der Waals surface area contributed by atoms with E-state index in [1.54, 1.807) is 0 Å². The fourth-order valence-corrected chi connectivity index (χ4v) is 2.94. The Morgan fingerprint density at radius 2 is 1.53 bits per heavy atom. The Hall–Kier alpha value is 0.290. The Labute approximate surface area is 91.9 Å². The highest BCUT2D eigenvalue weighted by Gasteiger charge is 2.63. The van der Waals surface area contributed by atoms with Crippen LogP contribution in [0.5, 0.6) is 0 Å². The summed E-state index contributed by atoms with van der Waals surface area (Å²) >= 11 is 5.25. The summed E-state index contributed by atoms with van der Waals surface area (Å²) in [4.78, 5) is 0. The summed E-state index contributed by atoms with van der Waals surface area (Å²) in [7, 11) is -9.31. The maximum Gasteiger partial charge on any atom is 0.287 e. The van der Waals surface area contributed by atoms with Crippen LogP contribution >= 0.6 is 21.8 Å². The summed E-state index contributed by atoms with van der Waals surface area (Å²) in [6.07, 6.45) is 3.03. The zero-order valence-electron chi connectivity index (χ0n) is 8.50. The lowest BCUT2D eigenvalue weighted by molar-refractivity contribution is 0.361. The molecule has 0 bridgehead atoms. The molecular formula is C8H16ClF5S. The van der Waals surface area contributed by atoms with E-state index in [0.717, 1.165) is 19.3 Å². The average molecular weight is 275 g/mol. The third kappa shape index (κ3) is 12.2. The van der Waals surface area contributed by atoms with Gasteiger partial charge in [-0.25, -0.2) is 0 Å². The monoisotopic (exact) mass is 274 g/mol. The summed E-state index contributed by atoms with van der Waals surface area (Å²) < 4.78 is 59.8. The molecule has 0 spiro atoms. The molecule has 96 valence electrons. The van der Waals surface area contributed by atoms with Crippen LogP contribution in [0.2, 0.25) is 0 Å². The summed E-state index contributed by atoms with van der Waals surface area (Å²) in [5, 5.41) is -1.50.